The number of anilines is 1. The predicted octanol–water partition coefficient (Wildman–Crippen LogP) is 4.93. The molecule has 1 fully saturated rings. The molecule has 1 heterocycles. The average Bonchev–Trinajstić information content (AvgIpc) is 3.02. The van der Waals surface area contributed by atoms with Crippen LogP contribution in [0.1, 0.15) is 29.5 Å². The van der Waals surface area contributed by atoms with Crippen LogP contribution < -0.4 is 4.90 Å². The summed E-state index contributed by atoms with van der Waals surface area (Å²) in [6, 6.07) is 15.4. The molecule has 0 saturated carbocycles. The summed E-state index contributed by atoms with van der Waals surface area (Å²) in [7, 11) is 0. The van der Waals surface area contributed by atoms with E-state index in [2.05, 4.69) is 19.1 Å². The largest absolute Gasteiger partial charge is 0.393 e. The van der Waals surface area contributed by atoms with E-state index in [0.717, 1.165) is 17.7 Å². The van der Waals surface area contributed by atoms with E-state index in [-0.39, 0.29) is 25.4 Å². The normalized spacial score (nSPS) is 20.4. The molecule has 26 heavy (non-hydrogen) atoms. The average molecular weight is 361 g/mol. The zero-order valence-electron chi connectivity index (χ0n) is 14.7. The summed E-state index contributed by atoms with van der Waals surface area (Å²) in [6.07, 6.45) is -2.62. The maximum atomic E-state index is 13.1. The number of hydrogen-bond donors (Lipinski definition) is 0. The lowest BCUT2D eigenvalue weighted by atomic mass is 10.0. The van der Waals surface area contributed by atoms with Gasteiger partial charge in [-0.1, -0.05) is 36.4 Å². The van der Waals surface area contributed by atoms with E-state index in [4.69, 9.17) is 0 Å². The molecule has 0 amide bonds. The molecule has 1 aliphatic rings. The smallest absolute Gasteiger partial charge is 0.367 e. The maximum Gasteiger partial charge on any atom is 0.393 e. The summed E-state index contributed by atoms with van der Waals surface area (Å²) in [5.41, 5.74) is 4.31. The number of rotatable bonds is 5. The molecular weight excluding hydrogens is 339 g/mol. The van der Waals surface area contributed by atoms with Crippen LogP contribution in [-0.2, 0) is 11.2 Å². The summed E-state index contributed by atoms with van der Waals surface area (Å²) in [6.45, 7) is 1.98. The number of aldehydes is 1. The minimum absolute atomic E-state index is 0.0206. The van der Waals surface area contributed by atoms with Gasteiger partial charge >= 0.3 is 6.18 Å². The number of hydrogen-bond acceptors (Lipinski definition) is 2. The van der Waals surface area contributed by atoms with E-state index >= 15 is 0 Å². The van der Waals surface area contributed by atoms with Crippen molar-refractivity contribution in [1.29, 1.82) is 0 Å². The van der Waals surface area contributed by atoms with Crippen LogP contribution >= 0.6 is 0 Å². The third-order valence-electron chi connectivity index (χ3n) is 5.17. The fourth-order valence-corrected chi connectivity index (χ4v) is 3.64. The van der Waals surface area contributed by atoms with Crippen LogP contribution in [0.2, 0.25) is 0 Å². The fourth-order valence-electron chi connectivity index (χ4n) is 3.64. The third kappa shape index (κ3) is 4.09. The minimum Gasteiger partial charge on any atom is -0.367 e. The molecule has 0 N–H and O–H groups in total. The van der Waals surface area contributed by atoms with Crippen molar-refractivity contribution in [1.82, 2.24) is 0 Å². The van der Waals surface area contributed by atoms with Gasteiger partial charge in [-0.25, -0.2) is 0 Å². The maximum absolute atomic E-state index is 13.1. The first-order valence-corrected chi connectivity index (χ1v) is 8.79. The molecule has 0 radical (unpaired) electrons. The second-order valence-corrected chi connectivity index (χ2v) is 6.95. The Kier molecular flexibility index (Phi) is 5.35. The van der Waals surface area contributed by atoms with Gasteiger partial charge in [-0.2, -0.15) is 13.2 Å². The number of carbonyl (C=O) groups excluding carboxylic acids is 1. The van der Waals surface area contributed by atoms with Gasteiger partial charge in [0.15, 0.2) is 0 Å². The molecular formula is C21H22F3NO. The van der Waals surface area contributed by atoms with Gasteiger partial charge in [-0.15, -0.1) is 0 Å². The molecule has 1 aliphatic heterocycles. The van der Waals surface area contributed by atoms with E-state index in [9.17, 15) is 18.0 Å². The van der Waals surface area contributed by atoms with E-state index in [1.165, 1.54) is 11.1 Å². The van der Waals surface area contributed by atoms with Crippen molar-refractivity contribution in [3.05, 3.63) is 65.2 Å². The first-order valence-electron chi connectivity index (χ1n) is 8.79. The summed E-state index contributed by atoms with van der Waals surface area (Å²) < 4.78 is 39.3. The first kappa shape index (κ1) is 18.5. The Hall–Kier alpha value is -2.30. The van der Waals surface area contributed by atoms with Crippen molar-refractivity contribution in [3.8, 4) is 0 Å². The lowest BCUT2D eigenvalue weighted by Crippen LogP contribution is -2.30. The Balaban J connectivity index is 1.76. The molecule has 2 nitrogen and oxygen atoms in total. The highest BCUT2D eigenvalue weighted by Gasteiger charge is 2.47. The molecule has 5 heteroatoms. The first-order chi connectivity index (χ1) is 12.4. The Bertz CT molecular complexity index is 755. The standard InChI is InChI=1S/C21H22F3NO/c1-15-4-2-3-5-17(15)12-16-6-8-19(9-7-16)25-14-18(21(22,23)24)13-20(25)10-11-26/h2-9,11,18,20H,10,12-14H2,1H3. The number of alkyl halides is 3. The molecule has 1 saturated heterocycles. The molecule has 0 bridgehead atoms. The van der Waals surface area contributed by atoms with E-state index in [1.54, 1.807) is 4.90 Å². The van der Waals surface area contributed by atoms with E-state index < -0.39 is 12.1 Å². The molecule has 2 atom stereocenters. The highest BCUT2D eigenvalue weighted by atomic mass is 19.4. The van der Waals surface area contributed by atoms with Gasteiger partial charge in [-0.05, 0) is 48.6 Å². The van der Waals surface area contributed by atoms with Gasteiger partial charge in [0.25, 0.3) is 0 Å². The summed E-state index contributed by atoms with van der Waals surface area (Å²) >= 11 is 0. The number of carbonyl (C=O) groups is 1. The number of nitrogens with zero attached hydrogens (tertiary/aromatic N) is 1. The number of halogens is 3. The van der Waals surface area contributed by atoms with Gasteiger partial charge in [0.05, 0.1) is 5.92 Å². The van der Waals surface area contributed by atoms with Gasteiger partial charge in [-0.3, -0.25) is 0 Å². The number of aryl methyl sites for hydroxylation is 1. The lowest BCUT2D eigenvalue weighted by molar-refractivity contribution is -0.168. The monoisotopic (exact) mass is 361 g/mol. The zero-order valence-corrected chi connectivity index (χ0v) is 14.7. The van der Waals surface area contributed by atoms with Crippen molar-refractivity contribution in [2.24, 2.45) is 5.92 Å². The molecule has 2 unspecified atom stereocenters. The van der Waals surface area contributed by atoms with Gasteiger partial charge in [0.1, 0.15) is 6.29 Å². The van der Waals surface area contributed by atoms with Gasteiger partial charge in [0, 0.05) is 24.7 Å². The Labute approximate surface area is 151 Å². The van der Waals surface area contributed by atoms with Crippen LogP contribution in [0.5, 0.6) is 0 Å². The SMILES string of the molecule is Cc1ccccc1Cc1ccc(N2CC(C(F)(F)F)CC2CC=O)cc1. The molecule has 2 aromatic rings. The van der Waals surface area contributed by atoms with Gasteiger partial charge < -0.3 is 9.69 Å². The van der Waals surface area contributed by atoms with Crippen LogP contribution in [0.3, 0.4) is 0 Å². The second kappa shape index (κ2) is 7.52. The molecule has 0 aliphatic carbocycles. The highest BCUT2D eigenvalue weighted by Crippen LogP contribution is 2.39. The number of benzene rings is 2. The minimum atomic E-state index is -4.22. The van der Waals surface area contributed by atoms with Crippen molar-refractivity contribution in [2.75, 3.05) is 11.4 Å². The molecule has 0 aromatic heterocycles. The quantitative estimate of drug-likeness (QED) is 0.704. The van der Waals surface area contributed by atoms with Crippen molar-refractivity contribution in [3.63, 3.8) is 0 Å². The Morgan fingerprint density at radius 3 is 2.42 bits per heavy atom. The Morgan fingerprint density at radius 2 is 1.81 bits per heavy atom. The fraction of sp³-hybridized carbons (Fsp3) is 0.381. The van der Waals surface area contributed by atoms with E-state index in [0.29, 0.717) is 6.29 Å². The van der Waals surface area contributed by atoms with Crippen molar-refractivity contribution in [2.45, 2.75) is 38.4 Å². The van der Waals surface area contributed by atoms with Crippen LogP contribution in [-0.4, -0.2) is 25.0 Å². The van der Waals surface area contributed by atoms with Crippen LogP contribution in [0.4, 0.5) is 18.9 Å². The molecule has 138 valence electrons. The Morgan fingerprint density at radius 1 is 1.12 bits per heavy atom. The van der Waals surface area contributed by atoms with Gasteiger partial charge in [0.2, 0.25) is 0 Å². The molecule has 3 rings (SSSR count). The third-order valence-corrected chi connectivity index (χ3v) is 5.17. The summed E-state index contributed by atoms with van der Waals surface area (Å²) in [4.78, 5) is 12.6. The van der Waals surface area contributed by atoms with Crippen LogP contribution in [0, 0.1) is 12.8 Å². The topological polar surface area (TPSA) is 20.3 Å². The predicted molar refractivity (Wildman–Crippen MR) is 96.4 cm³/mol. The summed E-state index contributed by atoms with van der Waals surface area (Å²) in [5.74, 6) is -1.38. The summed E-state index contributed by atoms with van der Waals surface area (Å²) in [5, 5.41) is 0. The second-order valence-electron chi connectivity index (χ2n) is 6.95. The van der Waals surface area contributed by atoms with Crippen LogP contribution in [0.15, 0.2) is 48.5 Å². The lowest BCUT2D eigenvalue weighted by Gasteiger charge is -2.25. The van der Waals surface area contributed by atoms with E-state index in [1.807, 2.05) is 36.4 Å². The molecule has 0 spiro atoms. The van der Waals surface area contributed by atoms with Crippen LogP contribution in [0.25, 0.3) is 0 Å². The zero-order chi connectivity index (χ0) is 18.7. The highest BCUT2D eigenvalue weighted by molar-refractivity contribution is 5.56. The molecule has 2 aromatic carbocycles. The van der Waals surface area contributed by atoms with Crippen molar-refractivity contribution < 1.29 is 18.0 Å². The van der Waals surface area contributed by atoms with Crippen molar-refractivity contribution >= 4 is 12.0 Å².